The molecule has 2 rings (SSSR count). The van der Waals surface area contributed by atoms with E-state index in [2.05, 4.69) is 5.32 Å². The summed E-state index contributed by atoms with van der Waals surface area (Å²) in [6.45, 7) is 2.68. The maximum atomic E-state index is 12.0. The van der Waals surface area contributed by atoms with E-state index >= 15 is 0 Å². The SMILES string of the molecule is COc1cc(C)c(NC(=O)C[C@@H]2CCCO2)cc1OC. The lowest BCUT2D eigenvalue weighted by Gasteiger charge is -2.14. The van der Waals surface area contributed by atoms with Gasteiger partial charge in [-0.25, -0.2) is 0 Å². The summed E-state index contributed by atoms with van der Waals surface area (Å²) in [5.41, 5.74) is 1.67. The van der Waals surface area contributed by atoms with Crippen molar-refractivity contribution in [2.45, 2.75) is 32.3 Å². The van der Waals surface area contributed by atoms with Gasteiger partial charge in [-0.3, -0.25) is 4.79 Å². The van der Waals surface area contributed by atoms with Crippen molar-refractivity contribution in [2.75, 3.05) is 26.1 Å². The number of aryl methyl sites for hydroxylation is 1. The van der Waals surface area contributed by atoms with E-state index in [0.717, 1.165) is 30.7 Å². The molecule has 1 aromatic rings. The van der Waals surface area contributed by atoms with Gasteiger partial charge in [0, 0.05) is 18.4 Å². The smallest absolute Gasteiger partial charge is 0.226 e. The molecule has 0 aromatic heterocycles. The van der Waals surface area contributed by atoms with Crippen LogP contribution in [-0.4, -0.2) is 32.8 Å². The number of rotatable bonds is 5. The largest absolute Gasteiger partial charge is 0.493 e. The Balaban J connectivity index is 2.06. The summed E-state index contributed by atoms with van der Waals surface area (Å²) in [5, 5.41) is 2.91. The maximum absolute atomic E-state index is 12.0. The highest BCUT2D eigenvalue weighted by molar-refractivity contribution is 5.92. The highest BCUT2D eigenvalue weighted by atomic mass is 16.5. The molecule has 5 nitrogen and oxygen atoms in total. The molecule has 1 aliphatic heterocycles. The minimum atomic E-state index is -0.0350. The van der Waals surface area contributed by atoms with Gasteiger partial charge in [0.25, 0.3) is 0 Å². The molecule has 0 unspecified atom stereocenters. The molecule has 20 heavy (non-hydrogen) atoms. The standard InChI is InChI=1S/C15H21NO4/c1-10-7-13(18-2)14(19-3)9-12(10)16-15(17)8-11-5-4-6-20-11/h7,9,11H,4-6,8H2,1-3H3,(H,16,17)/t11-/m0/s1. The van der Waals surface area contributed by atoms with Gasteiger partial charge in [0.2, 0.25) is 5.91 Å². The van der Waals surface area contributed by atoms with Gasteiger partial charge >= 0.3 is 0 Å². The molecule has 0 aliphatic carbocycles. The second kappa shape index (κ2) is 6.61. The monoisotopic (exact) mass is 279 g/mol. The number of methoxy groups -OCH3 is 2. The molecular weight excluding hydrogens is 258 g/mol. The van der Waals surface area contributed by atoms with Gasteiger partial charge in [-0.1, -0.05) is 0 Å². The zero-order valence-electron chi connectivity index (χ0n) is 12.2. The number of anilines is 1. The minimum Gasteiger partial charge on any atom is -0.493 e. The molecule has 0 saturated carbocycles. The lowest BCUT2D eigenvalue weighted by atomic mass is 10.1. The summed E-state index contributed by atoms with van der Waals surface area (Å²) >= 11 is 0. The fourth-order valence-electron chi connectivity index (χ4n) is 2.33. The van der Waals surface area contributed by atoms with E-state index in [0.29, 0.717) is 17.9 Å². The molecule has 1 saturated heterocycles. The molecule has 1 aliphatic rings. The van der Waals surface area contributed by atoms with Crippen LogP contribution < -0.4 is 14.8 Å². The Bertz CT molecular complexity index is 481. The van der Waals surface area contributed by atoms with Crippen molar-refractivity contribution >= 4 is 11.6 Å². The van der Waals surface area contributed by atoms with Gasteiger partial charge in [0.05, 0.1) is 26.7 Å². The molecule has 1 N–H and O–H groups in total. The summed E-state index contributed by atoms with van der Waals surface area (Å²) in [4.78, 5) is 12.0. The second-order valence-corrected chi connectivity index (χ2v) is 4.91. The fourth-order valence-corrected chi connectivity index (χ4v) is 2.33. The van der Waals surface area contributed by atoms with Gasteiger partial charge in [-0.2, -0.15) is 0 Å². The maximum Gasteiger partial charge on any atom is 0.226 e. The van der Waals surface area contributed by atoms with E-state index in [-0.39, 0.29) is 12.0 Å². The van der Waals surface area contributed by atoms with Crippen LogP contribution >= 0.6 is 0 Å². The Labute approximate surface area is 119 Å². The molecule has 0 spiro atoms. The number of amides is 1. The highest BCUT2D eigenvalue weighted by Crippen LogP contribution is 2.33. The summed E-state index contributed by atoms with van der Waals surface area (Å²) in [6.07, 6.45) is 2.44. The van der Waals surface area contributed by atoms with Crippen LogP contribution in [0.1, 0.15) is 24.8 Å². The van der Waals surface area contributed by atoms with Crippen LogP contribution in [-0.2, 0) is 9.53 Å². The average molecular weight is 279 g/mol. The van der Waals surface area contributed by atoms with Crippen LogP contribution in [0.4, 0.5) is 5.69 Å². The first-order chi connectivity index (χ1) is 9.63. The first-order valence-corrected chi connectivity index (χ1v) is 6.78. The molecular formula is C15H21NO4. The molecule has 5 heteroatoms. The zero-order chi connectivity index (χ0) is 14.5. The van der Waals surface area contributed by atoms with Gasteiger partial charge in [0.1, 0.15) is 0 Å². The number of hydrogen-bond donors (Lipinski definition) is 1. The third-order valence-electron chi connectivity index (χ3n) is 3.44. The average Bonchev–Trinajstić information content (AvgIpc) is 2.93. The van der Waals surface area contributed by atoms with Crippen molar-refractivity contribution in [3.05, 3.63) is 17.7 Å². The summed E-state index contributed by atoms with van der Waals surface area (Å²) in [7, 11) is 3.16. The van der Waals surface area contributed by atoms with Gasteiger partial charge in [-0.05, 0) is 31.4 Å². The Morgan fingerprint density at radius 1 is 1.35 bits per heavy atom. The normalized spacial score (nSPS) is 17.9. The van der Waals surface area contributed by atoms with Gasteiger partial charge in [-0.15, -0.1) is 0 Å². The van der Waals surface area contributed by atoms with Crippen LogP contribution in [0, 0.1) is 6.92 Å². The highest BCUT2D eigenvalue weighted by Gasteiger charge is 2.19. The minimum absolute atomic E-state index is 0.0350. The zero-order valence-corrected chi connectivity index (χ0v) is 12.2. The van der Waals surface area contributed by atoms with Crippen molar-refractivity contribution in [1.82, 2.24) is 0 Å². The predicted molar refractivity (Wildman–Crippen MR) is 76.5 cm³/mol. The summed E-state index contributed by atoms with van der Waals surface area (Å²) in [6, 6.07) is 3.63. The van der Waals surface area contributed by atoms with Crippen LogP contribution in [0.2, 0.25) is 0 Å². The number of carbonyl (C=O) groups excluding carboxylic acids is 1. The lowest BCUT2D eigenvalue weighted by molar-refractivity contribution is -0.118. The number of ether oxygens (including phenoxy) is 3. The molecule has 1 heterocycles. The van der Waals surface area contributed by atoms with E-state index in [1.807, 2.05) is 13.0 Å². The number of nitrogens with one attached hydrogen (secondary N) is 1. The third kappa shape index (κ3) is 3.42. The topological polar surface area (TPSA) is 56.8 Å². The first kappa shape index (κ1) is 14.7. The van der Waals surface area contributed by atoms with Crippen LogP contribution in [0.3, 0.4) is 0 Å². The Morgan fingerprint density at radius 3 is 2.65 bits per heavy atom. The molecule has 0 bridgehead atoms. The Hall–Kier alpha value is -1.75. The van der Waals surface area contributed by atoms with Gasteiger partial charge in [0.15, 0.2) is 11.5 Å². The van der Waals surface area contributed by atoms with Crippen LogP contribution in [0.15, 0.2) is 12.1 Å². The van der Waals surface area contributed by atoms with Crippen molar-refractivity contribution in [3.63, 3.8) is 0 Å². The van der Waals surface area contributed by atoms with Crippen molar-refractivity contribution in [3.8, 4) is 11.5 Å². The molecule has 0 radical (unpaired) electrons. The Kier molecular flexibility index (Phi) is 4.84. The Morgan fingerprint density at radius 2 is 2.05 bits per heavy atom. The molecule has 1 amide bonds. The quantitative estimate of drug-likeness (QED) is 0.899. The molecule has 1 aromatic carbocycles. The number of carbonyl (C=O) groups is 1. The van der Waals surface area contributed by atoms with E-state index < -0.39 is 0 Å². The van der Waals surface area contributed by atoms with Crippen molar-refractivity contribution in [2.24, 2.45) is 0 Å². The van der Waals surface area contributed by atoms with E-state index in [1.54, 1.807) is 20.3 Å². The summed E-state index contributed by atoms with van der Waals surface area (Å²) in [5.74, 6) is 1.22. The lowest BCUT2D eigenvalue weighted by Crippen LogP contribution is -2.19. The molecule has 1 atom stereocenters. The van der Waals surface area contributed by atoms with E-state index in [4.69, 9.17) is 14.2 Å². The molecule has 110 valence electrons. The van der Waals surface area contributed by atoms with Crippen molar-refractivity contribution in [1.29, 1.82) is 0 Å². The number of benzene rings is 1. The fraction of sp³-hybridized carbons (Fsp3) is 0.533. The van der Waals surface area contributed by atoms with Crippen molar-refractivity contribution < 1.29 is 19.0 Å². The third-order valence-corrected chi connectivity index (χ3v) is 3.44. The van der Waals surface area contributed by atoms with Crippen LogP contribution in [0.5, 0.6) is 11.5 Å². The second-order valence-electron chi connectivity index (χ2n) is 4.91. The van der Waals surface area contributed by atoms with E-state index in [1.165, 1.54) is 0 Å². The van der Waals surface area contributed by atoms with Crippen LogP contribution in [0.25, 0.3) is 0 Å². The molecule has 1 fully saturated rings. The first-order valence-electron chi connectivity index (χ1n) is 6.78. The van der Waals surface area contributed by atoms with E-state index in [9.17, 15) is 4.79 Å². The van der Waals surface area contributed by atoms with Gasteiger partial charge < -0.3 is 19.5 Å². The predicted octanol–water partition coefficient (Wildman–Crippen LogP) is 2.52. The summed E-state index contributed by atoms with van der Waals surface area (Å²) < 4.78 is 15.9. The number of hydrogen-bond acceptors (Lipinski definition) is 4.